The van der Waals surface area contributed by atoms with Gasteiger partial charge in [0.1, 0.15) is 10.7 Å². The van der Waals surface area contributed by atoms with Crippen LogP contribution in [0.25, 0.3) is 5.69 Å². The molecule has 5 nitrogen and oxygen atoms in total. The van der Waals surface area contributed by atoms with E-state index >= 15 is 0 Å². The first-order valence-corrected chi connectivity index (χ1v) is 11.2. The van der Waals surface area contributed by atoms with Crippen molar-refractivity contribution in [2.75, 3.05) is 34.8 Å². The van der Waals surface area contributed by atoms with Crippen LogP contribution in [0.2, 0.25) is 10.2 Å². The maximum atomic E-state index is 12.9. The number of benzene rings is 2. The predicted molar refractivity (Wildman–Crippen MR) is 122 cm³/mol. The van der Waals surface area contributed by atoms with Crippen molar-refractivity contribution >= 4 is 52.2 Å². The highest BCUT2D eigenvalue weighted by Crippen LogP contribution is 2.31. The zero-order chi connectivity index (χ0) is 20.4. The second-order valence-electron chi connectivity index (χ2n) is 6.72. The Morgan fingerprint density at radius 1 is 1.10 bits per heavy atom. The average Bonchev–Trinajstić information content (AvgIpc) is 3.03. The highest BCUT2D eigenvalue weighted by molar-refractivity contribution is 7.99. The molecule has 1 aromatic heterocycles. The van der Waals surface area contributed by atoms with Crippen molar-refractivity contribution in [1.82, 2.24) is 9.78 Å². The molecule has 1 amide bonds. The first-order chi connectivity index (χ1) is 14.0. The summed E-state index contributed by atoms with van der Waals surface area (Å²) in [5.41, 5.74) is 3.33. The zero-order valence-electron chi connectivity index (χ0n) is 15.9. The Hall–Kier alpha value is -2.15. The lowest BCUT2D eigenvalue weighted by Gasteiger charge is -2.29. The van der Waals surface area contributed by atoms with Crippen LogP contribution in [0.5, 0.6) is 0 Å². The predicted octanol–water partition coefficient (Wildman–Crippen LogP) is 5.29. The number of hydrogen-bond donors (Lipinski definition) is 1. The van der Waals surface area contributed by atoms with Gasteiger partial charge in [0, 0.05) is 30.3 Å². The highest BCUT2D eigenvalue weighted by Gasteiger charge is 2.22. The standard InChI is InChI=1S/C21H20Cl2N4OS/c1-14-19(20(23)27(25-14)16-5-3-2-4-6-16)21(28)24-15-7-8-18(17(22)13-15)26-9-11-29-12-10-26/h2-8,13H,9-12H2,1H3,(H,24,28). The lowest BCUT2D eigenvalue weighted by atomic mass is 10.2. The molecule has 4 rings (SSSR count). The van der Waals surface area contributed by atoms with Crippen molar-refractivity contribution in [2.45, 2.75) is 6.92 Å². The summed E-state index contributed by atoms with van der Waals surface area (Å²) in [6.07, 6.45) is 0. The van der Waals surface area contributed by atoms with Crippen LogP contribution in [0.15, 0.2) is 48.5 Å². The van der Waals surface area contributed by atoms with E-state index in [1.54, 1.807) is 17.7 Å². The molecule has 1 saturated heterocycles. The Balaban J connectivity index is 1.55. The second kappa shape index (κ2) is 8.69. The van der Waals surface area contributed by atoms with Gasteiger partial charge in [0.15, 0.2) is 0 Å². The number of hydrogen-bond acceptors (Lipinski definition) is 4. The third-order valence-electron chi connectivity index (χ3n) is 4.79. The molecular formula is C21H20Cl2N4OS. The van der Waals surface area contributed by atoms with Crippen molar-refractivity contribution in [3.05, 3.63) is 70.0 Å². The van der Waals surface area contributed by atoms with Gasteiger partial charge >= 0.3 is 0 Å². The molecule has 0 bridgehead atoms. The van der Waals surface area contributed by atoms with Gasteiger partial charge in [0.05, 0.1) is 22.1 Å². The highest BCUT2D eigenvalue weighted by atomic mass is 35.5. The number of para-hydroxylation sites is 1. The average molecular weight is 447 g/mol. The number of aryl methyl sites for hydroxylation is 1. The number of carbonyl (C=O) groups is 1. The zero-order valence-corrected chi connectivity index (χ0v) is 18.2. The normalized spacial score (nSPS) is 14.1. The van der Waals surface area contributed by atoms with Gasteiger partial charge in [-0.2, -0.15) is 16.9 Å². The number of aromatic nitrogens is 2. The molecule has 1 N–H and O–H groups in total. The summed E-state index contributed by atoms with van der Waals surface area (Å²) in [5, 5.41) is 8.22. The molecule has 3 aromatic rings. The van der Waals surface area contributed by atoms with E-state index in [1.807, 2.05) is 54.2 Å². The van der Waals surface area contributed by atoms with E-state index in [2.05, 4.69) is 15.3 Å². The molecule has 2 aromatic carbocycles. The van der Waals surface area contributed by atoms with Crippen LogP contribution < -0.4 is 10.2 Å². The van der Waals surface area contributed by atoms with Gasteiger partial charge in [0.2, 0.25) is 0 Å². The summed E-state index contributed by atoms with van der Waals surface area (Å²) < 4.78 is 1.57. The molecule has 0 radical (unpaired) electrons. The largest absolute Gasteiger partial charge is 0.369 e. The molecule has 0 unspecified atom stereocenters. The van der Waals surface area contributed by atoms with Crippen LogP contribution in [-0.2, 0) is 0 Å². The number of carbonyl (C=O) groups excluding carboxylic acids is 1. The van der Waals surface area contributed by atoms with Gasteiger partial charge in [-0.15, -0.1) is 0 Å². The Kier molecular flexibility index (Phi) is 6.04. The summed E-state index contributed by atoms with van der Waals surface area (Å²) in [7, 11) is 0. The first kappa shape index (κ1) is 20.1. The Morgan fingerprint density at radius 2 is 1.83 bits per heavy atom. The molecule has 0 saturated carbocycles. The monoisotopic (exact) mass is 446 g/mol. The van der Waals surface area contributed by atoms with E-state index < -0.39 is 0 Å². The van der Waals surface area contributed by atoms with Crippen LogP contribution in [-0.4, -0.2) is 40.3 Å². The fraction of sp³-hybridized carbons (Fsp3) is 0.238. The van der Waals surface area contributed by atoms with Crippen molar-refractivity contribution in [3.8, 4) is 5.69 Å². The van der Waals surface area contributed by atoms with Crippen LogP contribution in [0.4, 0.5) is 11.4 Å². The van der Waals surface area contributed by atoms with Gasteiger partial charge < -0.3 is 10.2 Å². The van der Waals surface area contributed by atoms with E-state index in [4.69, 9.17) is 23.2 Å². The number of amides is 1. The first-order valence-electron chi connectivity index (χ1n) is 9.29. The minimum atomic E-state index is -0.312. The Bertz CT molecular complexity index is 1030. The summed E-state index contributed by atoms with van der Waals surface area (Å²) in [6, 6.07) is 15.1. The SMILES string of the molecule is Cc1nn(-c2ccccc2)c(Cl)c1C(=O)Nc1ccc(N2CCSCC2)c(Cl)c1. The van der Waals surface area contributed by atoms with E-state index in [-0.39, 0.29) is 11.1 Å². The molecule has 2 heterocycles. The quantitative estimate of drug-likeness (QED) is 0.590. The fourth-order valence-electron chi connectivity index (χ4n) is 3.34. The summed E-state index contributed by atoms with van der Waals surface area (Å²) in [6.45, 7) is 3.72. The maximum Gasteiger partial charge on any atom is 0.260 e. The number of nitrogens with zero attached hydrogens (tertiary/aromatic N) is 3. The van der Waals surface area contributed by atoms with Crippen molar-refractivity contribution in [3.63, 3.8) is 0 Å². The molecule has 1 aliphatic heterocycles. The molecule has 0 aliphatic carbocycles. The van der Waals surface area contributed by atoms with Crippen LogP contribution in [0, 0.1) is 6.92 Å². The van der Waals surface area contributed by atoms with Gasteiger partial charge in [-0.05, 0) is 37.3 Å². The van der Waals surface area contributed by atoms with Crippen LogP contribution >= 0.6 is 35.0 Å². The van der Waals surface area contributed by atoms with Crippen molar-refractivity contribution in [1.29, 1.82) is 0 Å². The molecule has 150 valence electrons. The molecule has 1 aliphatic rings. The number of halogens is 2. The molecule has 1 fully saturated rings. The minimum Gasteiger partial charge on any atom is -0.369 e. The van der Waals surface area contributed by atoms with Crippen LogP contribution in [0.1, 0.15) is 16.1 Å². The molecule has 29 heavy (non-hydrogen) atoms. The minimum absolute atomic E-state index is 0.278. The molecular weight excluding hydrogens is 427 g/mol. The fourth-order valence-corrected chi connectivity index (χ4v) is 4.90. The third kappa shape index (κ3) is 4.25. The van der Waals surface area contributed by atoms with Crippen LogP contribution in [0.3, 0.4) is 0 Å². The van der Waals surface area contributed by atoms with Crippen molar-refractivity contribution < 1.29 is 4.79 Å². The smallest absolute Gasteiger partial charge is 0.260 e. The van der Waals surface area contributed by atoms with E-state index in [0.29, 0.717) is 22.0 Å². The lowest BCUT2D eigenvalue weighted by molar-refractivity contribution is 0.102. The van der Waals surface area contributed by atoms with E-state index in [1.165, 1.54) is 0 Å². The molecule has 0 spiro atoms. The van der Waals surface area contributed by atoms with Gasteiger partial charge in [-0.25, -0.2) is 4.68 Å². The molecule has 8 heteroatoms. The summed E-state index contributed by atoms with van der Waals surface area (Å²) in [4.78, 5) is 15.2. The van der Waals surface area contributed by atoms with Gasteiger partial charge in [-0.3, -0.25) is 4.79 Å². The second-order valence-corrected chi connectivity index (χ2v) is 8.71. The number of rotatable bonds is 4. The maximum absolute atomic E-state index is 12.9. The van der Waals surface area contributed by atoms with Gasteiger partial charge in [0.25, 0.3) is 5.91 Å². The van der Waals surface area contributed by atoms with E-state index in [9.17, 15) is 4.79 Å². The van der Waals surface area contributed by atoms with Crippen molar-refractivity contribution in [2.24, 2.45) is 0 Å². The molecule has 0 atom stereocenters. The Morgan fingerprint density at radius 3 is 2.52 bits per heavy atom. The third-order valence-corrected chi connectivity index (χ3v) is 6.38. The Labute approximate surface area is 184 Å². The van der Waals surface area contributed by atoms with E-state index in [0.717, 1.165) is 36.0 Å². The number of anilines is 2. The summed E-state index contributed by atoms with van der Waals surface area (Å²) >= 11 is 14.9. The summed E-state index contributed by atoms with van der Waals surface area (Å²) in [5.74, 6) is 1.88. The topological polar surface area (TPSA) is 50.2 Å². The number of thioether (sulfide) groups is 1. The van der Waals surface area contributed by atoms with Gasteiger partial charge in [-0.1, -0.05) is 41.4 Å². The number of nitrogens with one attached hydrogen (secondary N) is 1. The lowest BCUT2D eigenvalue weighted by Crippen LogP contribution is -2.32.